The van der Waals surface area contributed by atoms with Crippen LogP contribution in [-0.4, -0.2) is 52.4 Å². The number of piperidine rings is 1. The molecule has 0 saturated carbocycles. The summed E-state index contributed by atoms with van der Waals surface area (Å²) in [5, 5.41) is 0. The molecule has 1 aromatic carbocycles. The highest BCUT2D eigenvalue weighted by Crippen LogP contribution is 2.25. The zero-order valence-corrected chi connectivity index (χ0v) is 22.8. The number of pyridine rings is 1. The molecule has 0 unspecified atom stereocenters. The Morgan fingerprint density at radius 3 is 2.32 bits per heavy atom. The lowest BCUT2D eigenvalue weighted by molar-refractivity contribution is 0.176. The van der Waals surface area contributed by atoms with Crippen LogP contribution in [0, 0.1) is 19.8 Å². The number of benzene rings is 1. The molecule has 4 heteroatoms. The van der Waals surface area contributed by atoms with Crippen LogP contribution in [0.4, 0.5) is 0 Å². The van der Waals surface area contributed by atoms with E-state index in [2.05, 4.69) is 59.8 Å². The van der Waals surface area contributed by atoms with Crippen LogP contribution in [-0.2, 0) is 13.0 Å². The van der Waals surface area contributed by atoms with Crippen molar-refractivity contribution >= 4 is 17.1 Å². The second kappa shape index (κ2) is 14.1. The molecule has 0 aliphatic carbocycles. The van der Waals surface area contributed by atoms with Crippen molar-refractivity contribution < 1.29 is 0 Å². The Balaban J connectivity index is 0.000000302. The molecule has 2 aliphatic heterocycles. The van der Waals surface area contributed by atoms with Crippen LogP contribution in [0.5, 0.6) is 0 Å². The monoisotopic (exact) mass is 479 g/mol. The summed E-state index contributed by atoms with van der Waals surface area (Å²) < 4.78 is 0. The normalized spacial score (nSPS) is 17.4. The molecule has 0 spiro atoms. The van der Waals surface area contributed by atoms with E-state index in [1.165, 1.54) is 105 Å². The molecule has 0 atom stereocenters. The van der Waals surface area contributed by atoms with Crippen LogP contribution < -0.4 is 0 Å². The zero-order valence-electron chi connectivity index (χ0n) is 22.0. The van der Waals surface area contributed by atoms with E-state index < -0.39 is 0 Å². The van der Waals surface area contributed by atoms with Gasteiger partial charge in [0.1, 0.15) is 0 Å². The minimum atomic E-state index is 0.799. The Kier molecular flexibility index (Phi) is 11.2. The van der Waals surface area contributed by atoms with Gasteiger partial charge in [-0.1, -0.05) is 43.8 Å². The lowest BCUT2D eigenvalue weighted by atomic mass is 9.88. The topological polar surface area (TPSA) is 19.4 Å². The maximum absolute atomic E-state index is 5.29. The van der Waals surface area contributed by atoms with Crippen molar-refractivity contribution in [1.82, 2.24) is 14.8 Å². The predicted octanol–water partition coefficient (Wildman–Crippen LogP) is 6.77. The van der Waals surface area contributed by atoms with Crippen molar-refractivity contribution in [2.24, 2.45) is 5.92 Å². The van der Waals surface area contributed by atoms with E-state index in [1.54, 1.807) is 0 Å². The van der Waals surface area contributed by atoms with Crippen molar-refractivity contribution in [3.63, 3.8) is 0 Å². The molecular formula is C30H45N3S. The Morgan fingerprint density at radius 1 is 0.971 bits per heavy atom. The van der Waals surface area contributed by atoms with Gasteiger partial charge >= 0.3 is 0 Å². The third-order valence-corrected chi connectivity index (χ3v) is 7.76. The summed E-state index contributed by atoms with van der Waals surface area (Å²) in [7, 11) is 0. The first-order valence-electron chi connectivity index (χ1n) is 13.4. The first-order chi connectivity index (χ1) is 16.5. The van der Waals surface area contributed by atoms with Crippen LogP contribution in [0.3, 0.4) is 0 Å². The van der Waals surface area contributed by atoms with Gasteiger partial charge in [-0.05, 0) is 132 Å². The Morgan fingerprint density at radius 2 is 1.71 bits per heavy atom. The number of rotatable bonds is 8. The molecule has 2 aliphatic rings. The van der Waals surface area contributed by atoms with Crippen molar-refractivity contribution in [2.45, 2.75) is 79.2 Å². The Bertz CT molecular complexity index is 896. The molecule has 34 heavy (non-hydrogen) atoms. The molecule has 2 aromatic rings. The van der Waals surface area contributed by atoms with E-state index >= 15 is 0 Å². The van der Waals surface area contributed by atoms with Gasteiger partial charge < -0.3 is 4.90 Å². The molecule has 186 valence electrons. The highest BCUT2D eigenvalue weighted by atomic mass is 32.1. The molecular weight excluding hydrogens is 434 g/mol. The molecule has 0 N–H and O–H groups in total. The second-order valence-corrected chi connectivity index (χ2v) is 10.9. The van der Waals surface area contributed by atoms with E-state index in [0.29, 0.717) is 0 Å². The third-order valence-electron chi connectivity index (χ3n) is 7.52. The van der Waals surface area contributed by atoms with Gasteiger partial charge in [0.2, 0.25) is 0 Å². The number of hydrogen-bond acceptors (Lipinski definition) is 4. The molecule has 2 fully saturated rings. The number of hydrogen-bond donors (Lipinski definition) is 0. The minimum absolute atomic E-state index is 0.799. The fourth-order valence-corrected chi connectivity index (χ4v) is 5.24. The minimum Gasteiger partial charge on any atom is -0.303 e. The number of nitrogens with zero attached hydrogens (tertiary/aromatic N) is 3. The molecule has 4 rings (SSSR count). The molecule has 3 nitrogen and oxygen atoms in total. The second-order valence-electron chi connectivity index (χ2n) is 10.3. The number of likely N-dealkylation sites (tertiary alicyclic amines) is 2. The lowest BCUT2D eigenvalue weighted by Crippen LogP contribution is -2.34. The van der Waals surface area contributed by atoms with E-state index in [4.69, 9.17) is 12.2 Å². The number of thiocarbonyl (C=S) groups is 1. The quantitative estimate of drug-likeness (QED) is 0.307. The van der Waals surface area contributed by atoms with Gasteiger partial charge in [-0.3, -0.25) is 9.88 Å². The molecule has 0 bridgehead atoms. The lowest BCUT2D eigenvalue weighted by Gasteiger charge is -2.32. The van der Waals surface area contributed by atoms with E-state index in [-0.39, 0.29) is 0 Å². The van der Waals surface area contributed by atoms with Gasteiger partial charge in [0.15, 0.2) is 0 Å². The average Bonchev–Trinajstić information content (AvgIpc) is 3.36. The summed E-state index contributed by atoms with van der Waals surface area (Å²) in [6, 6.07) is 8.88. The zero-order chi connectivity index (χ0) is 24.3. The fraction of sp³-hybridized carbons (Fsp3) is 0.600. The molecule has 3 heterocycles. The Labute approximate surface area is 214 Å². The largest absolute Gasteiger partial charge is 0.303 e. The summed E-state index contributed by atoms with van der Waals surface area (Å²) in [6.45, 7) is 16.2. The summed E-state index contributed by atoms with van der Waals surface area (Å²) in [5.41, 5.74) is 6.78. The highest BCUT2D eigenvalue weighted by molar-refractivity contribution is 7.80. The van der Waals surface area contributed by atoms with Crippen LogP contribution in [0.2, 0.25) is 0 Å². The van der Waals surface area contributed by atoms with Crippen LogP contribution in [0.15, 0.2) is 36.7 Å². The number of aryl methyl sites for hydroxylation is 2. The highest BCUT2D eigenvalue weighted by Gasteiger charge is 2.20. The van der Waals surface area contributed by atoms with Crippen molar-refractivity contribution in [2.75, 3.05) is 32.7 Å². The Hall–Kier alpha value is -1.62. The molecule has 0 amide bonds. The van der Waals surface area contributed by atoms with Gasteiger partial charge in [-0.15, -0.1) is 0 Å². The molecule has 0 radical (unpaired) electrons. The maximum atomic E-state index is 5.29. The average molecular weight is 480 g/mol. The van der Waals surface area contributed by atoms with Gasteiger partial charge in [0.05, 0.1) is 0 Å². The predicted molar refractivity (Wildman–Crippen MR) is 150 cm³/mol. The third kappa shape index (κ3) is 8.55. The van der Waals surface area contributed by atoms with Crippen molar-refractivity contribution in [3.8, 4) is 0 Å². The molecule has 1 aromatic heterocycles. The SMILES string of the molecule is CC(=S)c1ccc(CC2CCN(Cc3ccncc3C)CC2)c(C)c1.CCCCN1CCCC1. The fourth-order valence-electron chi connectivity index (χ4n) is 5.11. The van der Waals surface area contributed by atoms with E-state index in [0.717, 1.165) is 17.3 Å². The first-order valence-corrected chi connectivity index (χ1v) is 13.8. The van der Waals surface area contributed by atoms with E-state index in [9.17, 15) is 0 Å². The summed E-state index contributed by atoms with van der Waals surface area (Å²) >= 11 is 5.29. The number of unbranched alkanes of at least 4 members (excludes halogenated alkanes) is 1. The standard InChI is InChI=1S/C22H28N2S.C8H17N/c1-16-12-21(18(3)25)5-4-20(16)13-19-7-10-24(11-8-19)15-22-6-9-23-14-17(22)2;1-2-3-6-9-7-4-5-8-9/h4-6,9,12,14,19H,7-8,10-11,13,15H2,1-3H3;2-8H2,1H3. The number of aromatic nitrogens is 1. The van der Waals surface area contributed by atoms with Gasteiger partial charge in [-0.2, -0.15) is 0 Å². The van der Waals surface area contributed by atoms with E-state index in [1.807, 2.05) is 19.3 Å². The van der Waals surface area contributed by atoms with Gasteiger partial charge in [-0.25, -0.2) is 0 Å². The van der Waals surface area contributed by atoms with Crippen molar-refractivity contribution in [1.29, 1.82) is 0 Å². The van der Waals surface area contributed by atoms with Crippen LogP contribution in [0.25, 0.3) is 0 Å². The van der Waals surface area contributed by atoms with Crippen LogP contribution >= 0.6 is 12.2 Å². The van der Waals surface area contributed by atoms with Crippen molar-refractivity contribution in [3.05, 3.63) is 64.5 Å². The first kappa shape index (κ1) is 27.0. The summed E-state index contributed by atoms with van der Waals surface area (Å²) in [5.74, 6) is 0.799. The smallest absolute Gasteiger partial charge is 0.0300 e. The molecule has 2 saturated heterocycles. The summed E-state index contributed by atoms with van der Waals surface area (Å²) in [4.78, 5) is 10.3. The van der Waals surface area contributed by atoms with Gasteiger partial charge in [0.25, 0.3) is 0 Å². The van der Waals surface area contributed by atoms with Gasteiger partial charge in [0, 0.05) is 23.8 Å². The van der Waals surface area contributed by atoms with Crippen LogP contribution in [0.1, 0.15) is 80.2 Å². The summed E-state index contributed by atoms with van der Waals surface area (Å²) in [6.07, 6.45) is 13.3. The maximum Gasteiger partial charge on any atom is 0.0300 e.